The fourth-order valence-electron chi connectivity index (χ4n) is 3.39. The topological polar surface area (TPSA) is 0 Å². The van der Waals surface area contributed by atoms with Gasteiger partial charge in [0.1, 0.15) is 0 Å². The standard InChI is InChI=1S/C24H34/c1-17(2)15-23(18(3)4)20-13-11-19(12-14-20)21-9-8-10-22(16-21)24(5,6)7/h8-14,16-18,23H,15H2,1-7H3/t23-/m1/s1. The normalized spacial score (nSPS) is 13.5. The van der Waals surface area contributed by atoms with Crippen LogP contribution in [0.15, 0.2) is 48.5 Å². The molecule has 2 aromatic rings. The highest BCUT2D eigenvalue weighted by Gasteiger charge is 2.18. The summed E-state index contributed by atoms with van der Waals surface area (Å²) in [6.07, 6.45) is 1.26. The van der Waals surface area contributed by atoms with Gasteiger partial charge in [0.15, 0.2) is 0 Å². The summed E-state index contributed by atoms with van der Waals surface area (Å²) in [5.74, 6) is 2.07. The Balaban J connectivity index is 2.29. The zero-order chi connectivity index (χ0) is 17.9. The first-order valence-corrected chi connectivity index (χ1v) is 9.39. The van der Waals surface area contributed by atoms with Gasteiger partial charge in [-0.25, -0.2) is 0 Å². The van der Waals surface area contributed by atoms with E-state index < -0.39 is 0 Å². The predicted octanol–water partition coefficient (Wildman–Crippen LogP) is 7.44. The maximum absolute atomic E-state index is 2.34. The van der Waals surface area contributed by atoms with E-state index in [9.17, 15) is 0 Å². The largest absolute Gasteiger partial charge is 0.0628 e. The van der Waals surface area contributed by atoms with Gasteiger partial charge in [-0.05, 0) is 51.8 Å². The number of benzene rings is 2. The van der Waals surface area contributed by atoms with Gasteiger partial charge >= 0.3 is 0 Å². The van der Waals surface area contributed by atoms with Crippen LogP contribution in [-0.4, -0.2) is 0 Å². The van der Waals surface area contributed by atoms with Crippen LogP contribution in [0.1, 0.15) is 71.9 Å². The summed E-state index contributed by atoms with van der Waals surface area (Å²) < 4.78 is 0. The molecule has 2 rings (SSSR count). The van der Waals surface area contributed by atoms with E-state index in [0.717, 1.165) is 5.92 Å². The monoisotopic (exact) mass is 322 g/mol. The molecule has 1 atom stereocenters. The number of hydrogen-bond donors (Lipinski definition) is 0. The van der Waals surface area contributed by atoms with E-state index in [-0.39, 0.29) is 5.41 Å². The number of hydrogen-bond acceptors (Lipinski definition) is 0. The van der Waals surface area contributed by atoms with Gasteiger partial charge < -0.3 is 0 Å². The van der Waals surface area contributed by atoms with Crippen LogP contribution in [-0.2, 0) is 5.41 Å². The van der Waals surface area contributed by atoms with Crippen LogP contribution >= 0.6 is 0 Å². The molecule has 0 saturated carbocycles. The maximum Gasteiger partial charge on any atom is -0.0132 e. The molecule has 0 aliphatic carbocycles. The molecule has 0 aliphatic rings. The van der Waals surface area contributed by atoms with Crippen LogP contribution < -0.4 is 0 Å². The van der Waals surface area contributed by atoms with Crippen molar-refractivity contribution in [2.75, 3.05) is 0 Å². The summed E-state index contributed by atoms with van der Waals surface area (Å²) in [7, 11) is 0. The summed E-state index contributed by atoms with van der Waals surface area (Å²) in [6.45, 7) is 16.1. The summed E-state index contributed by atoms with van der Waals surface area (Å²) >= 11 is 0. The Morgan fingerprint density at radius 3 is 1.92 bits per heavy atom. The molecule has 0 fully saturated rings. The van der Waals surface area contributed by atoms with Gasteiger partial charge in [-0.3, -0.25) is 0 Å². The smallest absolute Gasteiger partial charge is 0.0132 e. The summed E-state index contributed by atoms with van der Waals surface area (Å²) in [6, 6.07) is 18.2. The molecular weight excluding hydrogens is 288 g/mol. The molecule has 0 nitrogen and oxygen atoms in total. The van der Waals surface area contributed by atoms with Crippen LogP contribution in [0.25, 0.3) is 11.1 Å². The first-order chi connectivity index (χ1) is 11.2. The van der Waals surface area contributed by atoms with Crippen LogP contribution in [0.3, 0.4) is 0 Å². The van der Waals surface area contributed by atoms with Crippen LogP contribution in [0.5, 0.6) is 0 Å². The lowest BCUT2D eigenvalue weighted by molar-refractivity contribution is 0.408. The molecule has 0 unspecified atom stereocenters. The lowest BCUT2D eigenvalue weighted by Gasteiger charge is -2.24. The SMILES string of the molecule is CC(C)C[C@@H](c1ccc(-c2cccc(C(C)(C)C)c2)cc1)C(C)C. The Kier molecular flexibility index (Phi) is 5.91. The van der Waals surface area contributed by atoms with Crippen molar-refractivity contribution in [3.05, 3.63) is 59.7 Å². The predicted molar refractivity (Wildman–Crippen MR) is 108 cm³/mol. The Morgan fingerprint density at radius 2 is 1.42 bits per heavy atom. The van der Waals surface area contributed by atoms with Crippen LogP contribution in [0.2, 0.25) is 0 Å². The number of rotatable bonds is 5. The van der Waals surface area contributed by atoms with E-state index in [2.05, 4.69) is 97.0 Å². The molecule has 0 heterocycles. The van der Waals surface area contributed by atoms with Crippen molar-refractivity contribution in [2.45, 2.75) is 66.2 Å². The fourth-order valence-corrected chi connectivity index (χ4v) is 3.39. The summed E-state index contributed by atoms with van der Waals surface area (Å²) in [4.78, 5) is 0. The summed E-state index contributed by atoms with van der Waals surface area (Å²) in [5.41, 5.74) is 5.70. The zero-order valence-electron chi connectivity index (χ0n) is 16.6. The second-order valence-electron chi connectivity index (χ2n) is 8.93. The van der Waals surface area contributed by atoms with Gasteiger partial charge in [0.25, 0.3) is 0 Å². The second kappa shape index (κ2) is 7.55. The van der Waals surface area contributed by atoms with Crippen molar-refractivity contribution in [1.82, 2.24) is 0 Å². The molecule has 0 aliphatic heterocycles. The van der Waals surface area contributed by atoms with E-state index in [4.69, 9.17) is 0 Å². The third-order valence-electron chi connectivity index (χ3n) is 4.93. The third-order valence-corrected chi connectivity index (χ3v) is 4.93. The van der Waals surface area contributed by atoms with Gasteiger partial charge in [-0.2, -0.15) is 0 Å². The summed E-state index contributed by atoms with van der Waals surface area (Å²) in [5, 5.41) is 0. The molecule has 0 aromatic heterocycles. The first kappa shape index (κ1) is 18.8. The van der Waals surface area contributed by atoms with Crippen molar-refractivity contribution in [3.8, 4) is 11.1 Å². The van der Waals surface area contributed by atoms with E-state index in [0.29, 0.717) is 11.8 Å². The molecular formula is C24H34. The van der Waals surface area contributed by atoms with Crippen molar-refractivity contribution in [3.63, 3.8) is 0 Å². The molecule has 0 radical (unpaired) electrons. The Hall–Kier alpha value is -1.56. The molecule has 0 N–H and O–H groups in total. The molecule has 0 heteroatoms. The van der Waals surface area contributed by atoms with E-state index >= 15 is 0 Å². The van der Waals surface area contributed by atoms with Gasteiger partial charge in [0, 0.05) is 0 Å². The molecule has 0 amide bonds. The average molecular weight is 323 g/mol. The minimum atomic E-state index is 0.190. The minimum Gasteiger partial charge on any atom is -0.0628 e. The van der Waals surface area contributed by atoms with Crippen LogP contribution in [0, 0.1) is 11.8 Å². The lowest BCUT2D eigenvalue weighted by atomic mass is 9.81. The lowest BCUT2D eigenvalue weighted by Crippen LogP contribution is -2.11. The quantitative estimate of drug-likeness (QED) is 0.536. The zero-order valence-corrected chi connectivity index (χ0v) is 16.6. The average Bonchev–Trinajstić information content (AvgIpc) is 2.52. The Labute approximate surface area is 149 Å². The highest BCUT2D eigenvalue weighted by atomic mass is 14.2. The van der Waals surface area contributed by atoms with Crippen molar-refractivity contribution in [1.29, 1.82) is 0 Å². The second-order valence-corrected chi connectivity index (χ2v) is 8.93. The van der Waals surface area contributed by atoms with Crippen molar-refractivity contribution < 1.29 is 0 Å². The Morgan fingerprint density at radius 1 is 0.792 bits per heavy atom. The van der Waals surface area contributed by atoms with Gasteiger partial charge in [-0.15, -0.1) is 0 Å². The van der Waals surface area contributed by atoms with Crippen LogP contribution in [0.4, 0.5) is 0 Å². The molecule has 24 heavy (non-hydrogen) atoms. The molecule has 2 aromatic carbocycles. The van der Waals surface area contributed by atoms with E-state index in [1.807, 2.05) is 0 Å². The van der Waals surface area contributed by atoms with Crippen molar-refractivity contribution in [2.24, 2.45) is 11.8 Å². The molecule has 130 valence electrons. The van der Waals surface area contributed by atoms with Gasteiger partial charge in [0.05, 0.1) is 0 Å². The molecule has 0 bridgehead atoms. The Bertz CT molecular complexity index is 638. The highest BCUT2D eigenvalue weighted by Crippen LogP contribution is 2.33. The van der Waals surface area contributed by atoms with E-state index in [1.54, 1.807) is 0 Å². The maximum atomic E-state index is 2.34. The van der Waals surface area contributed by atoms with Crippen molar-refractivity contribution >= 4 is 0 Å². The molecule has 0 spiro atoms. The molecule has 0 saturated heterocycles. The minimum absolute atomic E-state index is 0.190. The highest BCUT2D eigenvalue weighted by molar-refractivity contribution is 5.65. The van der Waals surface area contributed by atoms with E-state index in [1.165, 1.54) is 28.7 Å². The third kappa shape index (κ3) is 4.72. The van der Waals surface area contributed by atoms with Gasteiger partial charge in [-0.1, -0.05) is 97.0 Å². The fraction of sp³-hybridized carbons (Fsp3) is 0.500. The first-order valence-electron chi connectivity index (χ1n) is 9.39. The van der Waals surface area contributed by atoms with Gasteiger partial charge in [0.2, 0.25) is 0 Å².